The number of aromatic nitrogens is 2. The highest BCUT2D eigenvalue weighted by atomic mass is 32.2. The van der Waals surface area contributed by atoms with Crippen LogP contribution < -0.4 is 4.72 Å². The number of imide groups is 1. The van der Waals surface area contributed by atoms with Gasteiger partial charge in [-0.15, -0.1) is 0 Å². The zero-order valence-electron chi connectivity index (χ0n) is 10.5. The Morgan fingerprint density at radius 2 is 2.16 bits per heavy atom. The fourth-order valence-corrected chi connectivity index (χ4v) is 3.25. The van der Waals surface area contributed by atoms with Gasteiger partial charge in [0.05, 0.1) is 11.9 Å². The Balaban J connectivity index is 2.20. The van der Waals surface area contributed by atoms with Crippen molar-refractivity contribution in [2.45, 2.75) is 30.7 Å². The normalized spacial score (nSPS) is 20.9. The first-order chi connectivity index (χ1) is 8.83. The number of H-pyrrole nitrogens is 1. The Morgan fingerprint density at radius 3 is 2.74 bits per heavy atom. The first-order valence-corrected chi connectivity index (χ1v) is 7.14. The van der Waals surface area contributed by atoms with Crippen molar-refractivity contribution in [2.24, 2.45) is 0 Å². The number of nitrogens with zero attached hydrogens (tertiary/aromatic N) is 2. The van der Waals surface area contributed by atoms with Crippen molar-refractivity contribution in [2.75, 3.05) is 7.05 Å². The molecule has 0 aliphatic carbocycles. The number of piperidine rings is 1. The van der Waals surface area contributed by atoms with Crippen LogP contribution >= 0.6 is 0 Å². The molecular weight excluding hydrogens is 272 g/mol. The number of aromatic amines is 1. The van der Waals surface area contributed by atoms with E-state index in [0.29, 0.717) is 5.69 Å². The summed E-state index contributed by atoms with van der Waals surface area (Å²) < 4.78 is 26.5. The quantitative estimate of drug-likeness (QED) is 0.702. The van der Waals surface area contributed by atoms with Crippen LogP contribution in [0.3, 0.4) is 0 Å². The van der Waals surface area contributed by atoms with E-state index in [2.05, 4.69) is 14.9 Å². The molecule has 8 nitrogen and oxygen atoms in total. The van der Waals surface area contributed by atoms with E-state index in [0.717, 1.165) is 4.90 Å². The maximum Gasteiger partial charge on any atom is 0.247 e. The van der Waals surface area contributed by atoms with Crippen molar-refractivity contribution < 1.29 is 18.0 Å². The van der Waals surface area contributed by atoms with Crippen LogP contribution in [0.4, 0.5) is 0 Å². The van der Waals surface area contributed by atoms with Crippen LogP contribution in [0.25, 0.3) is 0 Å². The molecule has 2 rings (SSSR count). The third kappa shape index (κ3) is 2.51. The van der Waals surface area contributed by atoms with Gasteiger partial charge in [0.1, 0.15) is 10.9 Å². The summed E-state index contributed by atoms with van der Waals surface area (Å²) in [4.78, 5) is 24.1. The lowest BCUT2D eigenvalue weighted by Gasteiger charge is -2.27. The fourth-order valence-electron chi connectivity index (χ4n) is 1.89. The maximum absolute atomic E-state index is 12.1. The number of likely N-dealkylation sites (N-methyl/N-ethyl adjacent to an activating group) is 1. The molecule has 1 aromatic rings. The Morgan fingerprint density at radius 1 is 1.47 bits per heavy atom. The molecule has 0 radical (unpaired) electrons. The van der Waals surface area contributed by atoms with E-state index in [1.54, 1.807) is 6.92 Å². The minimum absolute atomic E-state index is 0.000136. The number of hydrogen-bond donors (Lipinski definition) is 2. The number of carbonyl (C=O) groups excluding carboxylic acids is 2. The second-order valence-corrected chi connectivity index (χ2v) is 6.05. The third-order valence-corrected chi connectivity index (χ3v) is 4.61. The van der Waals surface area contributed by atoms with Crippen molar-refractivity contribution in [3.05, 3.63) is 11.9 Å². The summed E-state index contributed by atoms with van der Waals surface area (Å²) in [6.07, 6.45) is 1.48. The van der Waals surface area contributed by atoms with Gasteiger partial charge >= 0.3 is 0 Å². The Kier molecular flexibility index (Phi) is 3.42. The smallest absolute Gasteiger partial charge is 0.247 e. The van der Waals surface area contributed by atoms with E-state index in [9.17, 15) is 18.0 Å². The Hall–Kier alpha value is -1.74. The number of likely N-dealkylation sites (tertiary alicyclic amines) is 1. The summed E-state index contributed by atoms with van der Waals surface area (Å²) in [7, 11) is -2.48. The molecule has 1 unspecified atom stereocenters. The molecule has 1 aliphatic rings. The molecule has 0 aromatic carbocycles. The number of sulfonamides is 1. The van der Waals surface area contributed by atoms with E-state index in [1.165, 1.54) is 13.2 Å². The molecule has 9 heteroatoms. The van der Waals surface area contributed by atoms with Crippen molar-refractivity contribution in [1.29, 1.82) is 0 Å². The monoisotopic (exact) mass is 286 g/mol. The molecule has 0 saturated carbocycles. The Bertz CT molecular complexity index is 621. The van der Waals surface area contributed by atoms with Gasteiger partial charge in [-0.1, -0.05) is 0 Å². The van der Waals surface area contributed by atoms with Gasteiger partial charge in [-0.25, -0.2) is 8.42 Å². The number of amides is 2. The first-order valence-electron chi connectivity index (χ1n) is 5.65. The molecule has 0 bridgehead atoms. The fraction of sp³-hybridized carbons (Fsp3) is 0.500. The van der Waals surface area contributed by atoms with Crippen molar-refractivity contribution in [1.82, 2.24) is 19.8 Å². The van der Waals surface area contributed by atoms with Gasteiger partial charge in [0.2, 0.25) is 21.8 Å². The molecule has 2 amide bonds. The maximum atomic E-state index is 12.1. The molecule has 1 fully saturated rings. The van der Waals surface area contributed by atoms with Crippen LogP contribution in [0.15, 0.2) is 11.1 Å². The first kappa shape index (κ1) is 13.7. The molecule has 104 valence electrons. The number of nitrogens with one attached hydrogen (secondary N) is 2. The molecule has 1 aliphatic heterocycles. The molecule has 1 saturated heterocycles. The third-order valence-electron chi connectivity index (χ3n) is 3.02. The second kappa shape index (κ2) is 4.74. The lowest BCUT2D eigenvalue weighted by molar-refractivity contribution is -0.147. The van der Waals surface area contributed by atoms with E-state index < -0.39 is 22.0 Å². The topological polar surface area (TPSA) is 112 Å². The minimum atomic E-state index is -3.82. The average molecular weight is 286 g/mol. The molecule has 1 aromatic heterocycles. The summed E-state index contributed by atoms with van der Waals surface area (Å²) in [6, 6.07) is -0.915. The molecule has 2 N–H and O–H groups in total. The van der Waals surface area contributed by atoms with Gasteiger partial charge in [-0.3, -0.25) is 19.6 Å². The van der Waals surface area contributed by atoms with Crippen molar-refractivity contribution >= 4 is 21.8 Å². The second-order valence-electron chi connectivity index (χ2n) is 4.36. The van der Waals surface area contributed by atoms with Crippen LogP contribution in [-0.2, 0) is 19.6 Å². The van der Waals surface area contributed by atoms with Gasteiger partial charge in [0.15, 0.2) is 0 Å². The zero-order valence-corrected chi connectivity index (χ0v) is 11.3. The van der Waals surface area contributed by atoms with Gasteiger partial charge in [0.25, 0.3) is 0 Å². The molecule has 2 heterocycles. The number of hydrogen-bond acceptors (Lipinski definition) is 5. The van der Waals surface area contributed by atoms with E-state index in [1.807, 2.05) is 0 Å². The van der Waals surface area contributed by atoms with Crippen molar-refractivity contribution in [3.63, 3.8) is 0 Å². The highest BCUT2D eigenvalue weighted by molar-refractivity contribution is 7.89. The summed E-state index contributed by atoms with van der Waals surface area (Å²) in [5.74, 6) is -0.846. The average Bonchev–Trinajstić information content (AvgIpc) is 2.77. The summed E-state index contributed by atoms with van der Waals surface area (Å²) in [6.45, 7) is 1.57. The Labute approximate surface area is 110 Å². The predicted octanol–water partition coefficient (Wildman–Crippen LogP) is -0.856. The molecule has 19 heavy (non-hydrogen) atoms. The molecule has 1 atom stereocenters. The lowest BCUT2D eigenvalue weighted by atomic mass is 10.1. The molecular formula is C10H14N4O4S. The van der Waals surface area contributed by atoms with Gasteiger partial charge < -0.3 is 0 Å². The van der Waals surface area contributed by atoms with Crippen LogP contribution in [0.1, 0.15) is 18.5 Å². The summed E-state index contributed by atoms with van der Waals surface area (Å²) in [5, 5.41) is 6.15. The van der Waals surface area contributed by atoms with Crippen LogP contribution in [0.5, 0.6) is 0 Å². The summed E-state index contributed by atoms with van der Waals surface area (Å²) in [5.41, 5.74) is 0.389. The largest absolute Gasteiger partial charge is 0.284 e. The van der Waals surface area contributed by atoms with Gasteiger partial charge in [0, 0.05) is 13.5 Å². The van der Waals surface area contributed by atoms with E-state index in [-0.39, 0.29) is 23.6 Å². The van der Waals surface area contributed by atoms with Crippen LogP contribution in [0.2, 0.25) is 0 Å². The summed E-state index contributed by atoms with van der Waals surface area (Å²) >= 11 is 0. The minimum Gasteiger partial charge on any atom is -0.284 e. The number of aryl methyl sites for hydroxylation is 1. The van der Waals surface area contributed by atoms with Crippen LogP contribution in [0, 0.1) is 6.92 Å². The highest BCUT2D eigenvalue weighted by Gasteiger charge is 2.35. The van der Waals surface area contributed by atoms with E-state index in [4.69, 9.17) is 0 Å². The molecule has 0 spiro atoms. The van der Waals surface area contributed by atoms with Crippen molar-refractivity contribution in [3.8, 4) is 0 Å². The highest BCUT2D eigenvalue weighted by Crippen LogP contribution is 2.16. The van der Waals surface area contributed by atoms with Gasteiger partial charge in [-0.05, 0) is 13.3 Å². The van der Waals surface area contributed by atoms with Gasteiger partial charge in [-0.2, -0.15) is 9.82 Å². The predicted molar refractivity (Wildman–Crippen MR) is 64.4 cm³/mol. The zero-order chi connectivity index (χ0) is 14.2. The van der Waals surface area contributed by atoms with E-state index >= 15 is 0 Å². The number of carbonyl (C=O) groups is 2. The lowest BCUT2D eigenvalue weighted by Crippen LogP contribution is -2.52. The number of rotatable bonds is 3. The van der Waals surface area contributed by atoms with Crippen LogP contribution in [-0.4, -0.2) is 48.4 Å². The SMILES string of the molecule is Cc1[nH]ncc1S(=O)(=O)NC1CCC(=O)N(C)C1=O. The standard InChI is InChI=1S/C10H14N4O4S/c1-6-8(5-11-12-6)19(17,18)13-7-3-4-9(15)14(2)10(7)16/h5,7,13H,3-4H2,1-2H3,(H,11,12).